The number of nitrogens with zero attached hydrogens (tertiary/aromatic N) is 2. The summed E-state index contributed by atoms with van der Waals surface area (Å²) in [4.78, 5) is 43.6. The monoisotopic (exact) mass is 614 g/mol. The van der Waals surface area contributed by atoms with Crippen molar-refractivity contribution in [1.29, 1.82) is 0 Å². The molecule has 2 N–H and O–H groups in total. The standard InChI is InChI=1S/C35H42N4O6/c1-34(2,3)45-33(42)37-29(23-44-22-25-11-6-5-7-12-25)31(40)38-19-17-35(18-20-38)24-39(30-16-9-8-15-28(30)35)32(41)36-26-13-10-14-27(21-26)43-4/h5-16,21,29H,17-20,22-24H2,1-4H3,(H,36,41)(H,37,42)/t29-/m1/s1. The average Bonchev–Trinajstić information content (AvgIpc) is 3.34. The summed E-state index contributed by atoms with van der Waals surface area (Å²) in [5.74, 6) is 0.440. The molecule has 45 heavy (non-hydrogen) atoms. The van der Waals surface area contributed by atoms with Crippen molar-refractivity contribution in [1.82, 2.24) is 10.2 Å². The third-order valence-corrected chi connectivity index (χ3v) is 8.21. The maximum Gasteiger partial charge on any atom is 0.408 e. The van der Waals surface area contributed by atoms with Crippen LogP contribution in [0.4, 0.5) is 21.0 Å². The Labute approximate surface area is 264 Å². The second-order valence-electron chi connectivity index (χ2n) is 12.6. The molecule has 1 spiro atoms. The maximum absolute atomic E-state index is 13.8. The van der Waals surface area contributed by atoms with Crippen LogP contribution in [0.2, 0.25) is 0 Å². The van der Waals surface area contributed by atoms with Gasteiger partial charge in [0.1, 0.15) is 17.4 Å². The van der Waals surface area contributed by atoms with Crippen molar-refractivity contribution >= 4 is 29.4 Å². The fraction of sp³-hybridized carbons (Fsp3) is 0.400. The lowest BCUT2D eigenvalue weighted by Gasteiger charge is -2.41. The molecule has 0 aromatic heterocycles. The number of benzene rings is 3. The normalized spacial score (nSPS) is 16.1. The summed E-state index contributed by atoms with van der Waals surface area (Å²) in [6, 6.07) is 23.8. The van der Waals surface area contributed by atoms with Crippen molar-refractivity contribution in [2.24, 2.45) is 0 Å². The summed E-state index contributed by atoms with van der Waals surface area (Å²) in [5.41, 5.74) is 2.60. The first-order chi connectivity index (χ1) is 21.6. The molecule has 0 unspecified atom stereocenters. The highest BCUT2D eigenvalue weighted by Crippen LogP contribution is 2.47. The van der Waals surface area contributed by atoms with E-state index in [2.05, 4.69) is 16.7 Å². The molecule has 4 amide bonds. The van der Waals surface area contributed by atoms with E-state index in [1.807, 2.05) is 66.7 Å². The van der Waals surface area contributed by atoms with Gasteiger partial charge in [-0.15, -0.1) is 0 Å². The molecule has 1 saturated heterocycles. The van der Waals surface area contributed by atoms with Crippen LogP contribution in [0, 0.1) is 0 Å². The number of para-hydroxylation sites is 1. The van der Waals surface area contributed by atoms with E-state index in [0.717, 1.165) is 16.8 Å². The van der Waals surface area contributed by atoms with Crippen LogP contribution < -0.4 is 20.3 Å². The van der Waals surface area contributed by atoms with Gasteiger partial charge < -0.3 is 29.7 Å². The van der Waals surface area contributed by atoms with E-state index in [1.54, 1.807) is 43.7 Å². The lowest BCUT2D eigenvalue weighted by Crippen LogP contribution is -2.55. The molecule has 3 aromatic rings. The second kappa shape index (κ2) is 13.6. The van der Waals surface area contributed by atoms with Gasteiger partial charge in [0.05, 0.1) is 20.3 Å². The van der Waals surface area contributed by atoms with E-state index in [-0.39, 0.29) is 24.0 Å². The average molecular weight is 615 g/mol. The Balaban J connectivity index is 1.26. The van der Waals surface area contributed by atoms with Crippen molar-refractivity contribution in [2.45, 2.75) is 57.3 Å². The van der Waals surface area contributed by atoms with E-state index >= 15 is 0 Å². The first-order valence-electron chi connectivity index (χ1n) is 15.3. The van der Waals surface area contributed by atoms with Crippen molar-refractivity contribution in [3.63, 3.8) is 0 Å². The number of piperidine rings is 1. The molecule has 0 saturated carbocycles. The molecule has 238 valence electrons. The van der Waals surface area contributed by atoms with Gasteiger partial charge in [0.2, 0.25) is 5.91 Å². The number of likely N-dealkylation sites (tertiary alicyclic amines) is 1. The fourth-order valence-corrected chi connectivity index (χ4v) is 6.00. The van der Waals surface area contributed by atoms with E-state index in [9.17, 15) is 14.4 Å². The minimum atomic E-state index is -0.904. The van der Waals surface area contributed by atoms with E-state index in [1.165, 1.54) is 0 Å². The summed E-state index contributed by atoms with van der Waals surface area (Å²) in [6.45, 7) is 7.11. The van der Waals surface area contributed by atoms with E-state index in [0.29, 0.717) is 50.5 Å². The molecule has 0 radical (unpaired) electrons. The number of alkyl carbamates (subject to hydrolysis) is 1. The van der Waals surface area contributed by atoms with Crippen LogP contribution >= 0.6 is 0 Å². The van der Waals surface area contributed by atoms with Gasteiger partial charge in [0.25, 0.3) is 0 Å². The van der Waals surface area contributed by atoms with Gasteiger partial charge in [0.15, 0.2) is 0 Å². The molecule has 2 heterocycles. The first-order valence-corrected chi connectivity index (χ1v) is 15.3. The summed E-state index contributed by atoms with van der Waals surface area (Å²) in [5, 5.41) is 5.74. The second-order valence-corrected chi connectivity index (χ2v) is 12.6. The predicted molar refractivity (Wildman–Crippen MR) is 173 cm³/mol. The molecular formula is C35H42N4O6. The smallest absolute Gasteiger partial charge is 0.408 e. The van der Waals surface area contributed by atoms with Gasteiger partial charge in [0, 0.05) is 42.5 Å². The number of hydrogen-bond donors (Lipinski definition) is 2. The lowest BCUT2D eigenvalue weighted by molar-refractivity contribution is -0.136. The molecule has 1 atom stereocenters. The highest BCUT2D eigenvalue weighted by molar-refractivity contribution is 6.03. The number of hydrogen-bond acceptors (Lipinski definition) is 6. The van der Waals surface area contributed by atoms with Gasteiger partial charge in [-0.3, -0.25) is 9.69 Å². The summed E-state index contributed by atoms with van der Waals surface area (Å²) >= 11 is 0. The highest BCUT2D eigenvalue weighted by atomic mass is 16.6. The van der Waals surface area contributed by atoms with E-state index in [4.69, 9.17) is 14.2 Å². The van der Waals surface area contributed by atoms with Crippen LogP contribution in [0.15, 0.2) is 78.9 Å². The van der Waals surface area contributed by atoms with Crippen LogP contribution in [-0.2, 0) is 26.3 Å². The largest absolute Gasteiger partial charge is 0.497 e. The zero-order chi connectivity index (χ0) is 32.0. The zero-order valence-electron chi connectivity index (χ0n) is 26.4. The number of carbonyl (C=O) groups is 3. The number of amides is 4. The number of methoxy groups -OCH3 is 1. The highest BCUT2D eigenvalue weighted by Gasteiger charge is 2.47. The first kappa shape index (κ1) is 31.8. The Bertz CT molecular complexity index is 1500. The molecule has 1 fully saturated rings. The van der Waals surface area contributed by atoms with Gasteiger partial charge in [-0.2, -0.15) is 0 Å². The number of anilines is 2. The number of fused-ring (bicyclic) bond motifs is 2. The molecule has 5 rings (SSSR count). The van der Waals surface area contributed by atoms with Crippen LogP contribution in [-0.4, -0.2) is 67.9 Å². The van der Waals surface area contributed by atoms with Gasteiger partial charge in [-0.05, 0) is 62.9 Å². The Morgan fingerprint density at radius 2 is 1.64 bits per heavy atom. The van der Waals surface area contributed by atoms with Crippen molar-refractivity contribution in [3.8, 4) is 5.75 Å². The number of rotatable bonds is 8. The predicted octanol–water partition coefficient (Wildman–Crippen LogP) is 5.72. The molecule has 2 aliphatic rings. The third kappa shape index (κ3) is 7.75. The quantitative estimate of drug-likeness (QED) is 0.336. The number of nitrogens with one attached hydrogen (secondary N) is 2. The zero-order valence-corrected chi connectivity index (χ0v) is 26.4. The van der Waals surface area contributed by atoms with Gasteiger partial charge in [-0.25, -0.2) is 9.59 Å². The van der Waals surface area contributed by atoms with Crippen LogP contribution in [0.3, 0.4) is 0 Å². The Hall–Kier alpha value is -4.57. The maximum atomic E-state index is 13.8. The molecule has 10 nitrogen and oxygen atoms in total. The minimum Gasteiger partial charge on any atom is -0.497 e. The molecule has 0 aliphatic carbocycles. The van der Waals surface area contributed by atoms with Crippen LogP contribution in [0.1, 0.15) is 44.7 Å². The van der Waals surface area contributed by atoms with Gasteiger partial charge >= 0.3 is 12.1 Å². The lowest BCUT2D eigenvalue weighted by atomic mass is 9.74. The Morgan fingerprint density at radius 3 is 2.36 bits per heavy atom. The van der Waals surface area contributed by atoms with Crippen LogP contribution in [0.5, 0.6) is 5.75 Å². The number of carbonyl (C=O) groups excluding carboxylic acids is 3. The minimum absolute atomic E-state index is 0.00959. The van der Waals surface area contributed by atoms with Crippen molar-refractivity contribution < 1.29 is 28.6 Å². The number of ether oxygens (including phenoxy) is 3. The topological polar surface area (TPSA) is 109 Å². The van der Waals surface area contributed by atoms with Crippen molar-refractivity contribution in [3.05, 3.63) is 90.0 Å². The molecular weight excluding hydrogens is 572 g/mol. The van der Waals surface area contributed by atoms with Crippen LogP contribution in [0.25, 0.3) is 0 Å². The molecule has 10 heteroatoms. The fourth-order valence-electron chi connectivity index (χ4n) is 6.00. The van der Waals surface area contributed by atoms with Gasteiger partial charge in [-0.1, -0.05) is 54.6 Å². The Morgan fingerprint density at radius 1 is 0.933 bits per heavy atom. The van der Waals surface area contributed by atoms with Crippen molar-refractivity contribution in [2.75, 3.05) is 43.6 Å². The Kier molecular flexibility index (Phi) is 9.63. The molecule has 3 aromatic carbocycles. The third-order valence-electron chi connectivity index (χ3n) is 8.21. The summed E-state index contributed by atoms with van der Waals surface area (Å²) < 4.78 is 16.6. The SMILES string of the molecule is COc1cccc(NC(=O)N2CC3(CCN(C(=O)[C@@H](COCc4ccccc4)NC(=O)OC(C)(C)C)CC3)c3ccccc32)c1. The molecule has 2 aliphatic heterocycles. The van der Waals surface area contributed by atoms with E-state index < -0.39 is 17.7 Å². The summed E-state index contributed by atoms with van der Waals surface area (Å²) in [7, 11) is 1.59. The molecule has 0 bridgehead atoms. The summed E-state index contributed by atoms with van der Waals surface area (Å²) in [6.07, 6.45) is 0.672. The number of urea groups is 1.